The molecule has 180 valence electrons. The summed E-state index contributed by atoms with van der Waals surface area (Å²) < 4.78 is 15.1. The summed E-state index contributed by atoms with van der Waals surface area (Å²) in [7, 11) is 1.52. The molecule has 2 heterocycles. The van der Waals surface area contributed by atoms with E-state index < -0.39 is 17.4 Å². The molecule has 35 heavy (non-hydrogen) atoms. The lowest BCUT2D eigenvalue weighted by molar-refractivity contribution is -0.143. The van der Waals surface area contributed by atoms with Crippen LogP contribution in [0.15, 0.2) is 48.7 Å². The minimum absolute atomic E-state index is 0.310. The summed E-state index contributed by atoms with van der Waals surface area (Å²) in [5.74, 6) is -2.38. The smallest absolute Gasteiger partial charge is 0.328 e. The Balaban J connectivity index is 1.78. The predicted octanol–water partition coefficient (Wildman–Crippen LogP) is 4.13. The maximum Gasteiger partial charge on any atom is 0.328 e. The Morgan fingerprint density at radius 1 is 1.09 bits per heavy atom. The zero-order chi connectivity index (χ0) is 25.5. The topological polar surface area (TPSA) is 113 Å². The molecule has 0 spiro atoms. The molecule has 0 aliphatic heterocycles. The van der Waals surface area contributed by atoms with Crippen molar-refractivity contribution in [3.63, 3.8) is 0 Å². The van der Waals surface area contributed by atoms with Gasteiger partial charge in [-0.1, -0.05) is 17.4 Å². The number of hydrogen-bond acceptors (Lipinski definition) is 5. The van der Waals surface area contributed by atoms with Crippen LogP contribution in [-0.2, 0) is 4.79 Å². The number of nitrogens with one attached hydrogen (secondary N) is 2. The first kappa shape index (κ1) is 24.1. The van der Waals surface area contributed by atoms with Gasteiger partial charge in [0.25, 0.3) is 11.8 Å². The molecule has 2 aromatic heterocycles. The summed E-state index contributed by atoms with van der Waals surface area (Å²) in [6.45, 7) is 4.72. The van der Waals surface area contributed by atoms with Gasteiger partial charge in [-0.3, -0.25) is 14.0 Å². The first-order chi connectivity index (χ1) is 16.5. The van der Waals surface area contributed by atoms with Crippen molar-refractivity contribution in [3.8, 4) is 21.7 Å². The van der Waals surface area contributed by atoms with Crippen molar-refractivity contribution in [3.05, 3.63) is 71.3 Å². The maximum absolute atomic E-state index is 13.4. The van der Waals surface area contributed by atoms with Crippen molar-refractivity contribution in [1.29, 1.82) is 0 Å². The van der Waals surface area contributed by atoms with E-state index in [2.05, 4.69) is 15.6 Å². The third-order valence-corrected chi connectivity index (χ3v) is 6.63. The molecule has 0 aliphatic rings. The van der Waals surface area contributed by atoms with Gasteiger partial charge in [0, 0.05) is 24.4 Å². The van der Waals surface area contributed by atoms with Crippen molar-refractivity contribution in [2.45, 2.75) is 26.3 Å². The number of aromatic nitrogens is 2. The fourth-order valence-corrected chi connectivity index (χ4v) is 4.62. The summed E-state index contributed by atoms with van der Waals surface area (Å²) in [6.07, 6.45) is 1.77. The van der Waals surface area contributed by atoms with Crippen LogP contribution in [0.3, 0.4) is 0 Å². The Kier molecular flexibility index (Phi) is 6.16. The number of nitrogens with zero attached hydrogens (tertiary/aromatic N) is 2. The van der Waals surface area contributed by atoms with E-state index in [0.717, 1.165) is 16.0 Å². The lowest BCUT2D eigenvalue weighted by Gasteiger charge is -2.21. The minimum Gasteiger partial charge on any atom is -0.480 e. The number of carbonyl (C=O) groups excluding carboxylic acids is 2. The normalized spacial score (nSPS) is 11.5. The summed E-state index contributed by atoms with van der Waals surface area (Å²) in [5.41, 5.74) is 1.89. The van der Waals surface area contributed by atoms with E-state index in [0.29, 0.717) is 27.5 Å². The van der Waals surface area contributed by atoms with E-state index in [-0.39, 0.29) is 11.7 Å². The second-order valence-corrected chi connectivity index (χ2v) is 9.57. The minimum atomic E-state index is -1.43. The second-order valence-electron chi connectivity index (χ2n) is 8.56. The number of hydrogen-bond donors (Lipinski definition) is 3. The molecule has 3 N–H and O–H groups in total. The van der Waals surface area contributed by atoms with Crippen molar-refractivity contribution in [1.82, 2.24) is 20.0 Å². The number of carboxylic acid groups (broad SMARTS) is 1. The van der Waals surface area contributed by atoms with Crippen LogP contribution < -0.4 is 10.6 Å². The molecule has 0 unspecified atom stereocenters. The third-order valence-electron chi connectivity index (χ3n) is 5.61. The largest absolute Gasteiger partial charge is 0.480 e. The predicted molar refractivity (Wildman–Crippen MR) is 131 cm³/mol. The standard InChI is InChI=1S/C25H23FN4O4S/c1-13-5-6-15(21(31)29-25(2,3)23(33)34)11-17(13)18-12-30-20(22(32)27-4)19(28-24(30)35-18)14-7-9-16(26)10-8-14/h5-12H,1-4H3,(H,27,32)(H,29,31)(H,33,34). The molecule has 0 saturated carbocycles. The number of carboxylic acids is 1. The van der Waals surface area contributed by atoms with E-state index in [4.69, 9.17) is 0 Å². The van der Waals surface area contributed by atoms with Crippen LogP contribution in [0.4, 0.5) is 4.39 Å². The fourth-order valence-electron chi connectivity index (χ4n) is 3.55. The monoisotopic (exact) mass is 494 g/mol. The number of amides is 2. The summed E-state index contributed by atoms with van der Waals surface area (Å²) in [6, 6.07) is 10.9. The van der Waals surface area contributed by atoms with E-state index in [1.54, 1.807) is 40.9 Å². The van der Waals surface area contributed by atoms with Gasteiger partial charge in [-0.25, -0.2) is 14.2 Å². The highest BCUT2D eigenvalue weighted by Gasteiger charge is 2.29. The highest BCUT2D eigenvalue weighted by molar-refractivity contribution is 7.20. The Labute approximate surface area is 204 Å². The Morgan fingerprint density at radius 2 is 1.77 bits per heavy atom. The Morgan fingerprint density at radius 3 is 2.40 bits per heavy atom. The van der Waals surface area contributed by atoms with Crippen molar-refractivity contribution in [2.24, 2.45) is 0 Å². The number of thiazole rings is 1. The SMILES string of the molecule is CNC(=O)c1c(-c2ccc(F)cc2)nc2sc(-c3cc(C(=O)NC(C)(C)C(=O)O)ccc3C)cn12. The lowest BCUT2D eigenvalue weighted by Crippen LogP contribution is -2.49. The molecule has 4 rings (SSSR count). The van der Waals surface area contributed by atoms with Crippen LogP contribution in [0.1, 0.15) is 40.3 Å². The molecule has 2 aromatic carbocycles. The van der Waals surface area contributed by atoms with Gasteiger partial charge in [0.1, 0.15) is 22.7 Å². The molecular formula is C25H23FN4O4S. The van der Waals surface area contributed by atoms with Crippen LogP contribution in [0.2, 0.25) is 0 Å². The molecule has 0 fully saturated rings. The van der Waals surface area contributed by atoms with Gasteiger partial charge in [-0.2, -0.15) is 0 Å². The number of imidazole rings is 1. The lowest BCUT2D eigenvalue weighted by atomic mass is 10.0. The van der Waals surface area contributed by atoms with Crippen LogP contribution >= 0.6 is 11.3 Å². The van der Waals surface area contributed by atoms with E-state index in [1.807, 2.05) is 6.92 Å². The van der Waals surface area contributed by atoms with Gasteiger partial charge in [0.15, 0.2) is 4.96 Å². The van der Waals surface area contributed by atoms with E-state index in [1.165, 1.54) is 44.4 Å². The van der Waals surface area contributed by atoms with Gasteiger partial charge in [-0.05, 0) is 68.3 Å². The van der Waals surface area contributed by atoms with Crippen molar-refractivity contribution < 1.29 is 23.9 Å². The van der Waals surface area contributed by atoms with Crippen LogP contribution in [0, 0.1) is 12.7 Å². The molecule has 0 aliphatic carbocycles. The van der Waals surface area contributed by atoms with E-state index in [9.17, 15) is 23.9 Å². The molecule has 0 saturated heterocycles. The van der Waals surface area contributed by atoms with Gasteiger partial charge in [0.05, 0.1) is 4.88 Å². The molecule has 8 nitrogen and oxygen atoms in total. The molecule has 2 amide bonds. The van der Waals surface area contributed by atoms with Crippen LogP contribution in [-0.4, -0.2) is 44.9 Å². The zero-order valence-corrected chi connectivity index (χ0v) is 20.3. The first-order valence-electron chi connectivity index (χ1n) is 10.7. The molecule has 0 bridgehead atoms. The summed E-state index contributed by atoms with van der Waals surface area (Å²) in [5, 5.41) is 14.5. The van der Waals surface area contributed by atoms with Gasteiger partial charge in [-0.15, -0.1) is 0 Å². The highest BCUT2D eigenvalue weighted by Crippen LogP contribution is 2.35. The second kappa shape index (κ2) is 8.95. The quantitative estimate of drug-likeness (QED) is 0.373. The van der Waals surface area contributed by atoms with Gasteiger partial charge < -0.3 is 15.7 Å². The number of aryl methyl sites for hydroxylation is 1. The Hall–Kier alpha value is -4.05. The number of rotatable bonds is 6. The number of halogens is 1. The summed E-state index contributed by atoms with van der Waals surface area (Å²) >= 11 is 1.34. The fraction of sp³-hybridized carbons (Fsp3) is 0.200. The van der Waals surface area contributed by atoms with Crippen molar-refractivity contribution >= 4 is 34.1 Å². The van der Waals surface area contributed by atoms with Crippen LogP contribution in [0.5, 0.6) is 0 Å². The van der Waals surface area contributed by atoms with Gasteiger partial charge in [0.2, 0.25) is 0 Å². The number of carbonyl (C=O) groups is 3. The molecule has 0 radical (unpaired) electrons. The molecule has 0 atom stereocenters. The number of aliphatic carboxylic acids is 1. The van der Waals surface area contributed by atoms with Crippen LogP contribution in [0.25, 0.3) is 26.7 Å². The molecular weight excluding hydrogens is 471 g/mol. The molecule has 10 heteroatoms. The zero-order valence-electron chi connectivity index (χ0n) is 19.5. The number of fused-ring (bicyclic) bond motifs is 1. The van der Waals surface area contributed by atoms with E-state index >= 15 is 0 Å². The van der Waals surface area contributed by atoms with Crippen molar-refractivity contribution in [2.75, 3.05) is 7.05 Å². The first-order valence-corrected chi connectivity index (χ1v) is 11.5. The summed E-state index contributed by atoms with van der Waals surface area (Å²) in [4.78, 5) is 42.8. The maximum atomic E-state index is 13.4. The Bertz CT molecular complexity index is 1470. The van der Waals surface area contributed by atoms with Gasteiger partial charge >= 0.3 is 5.97 Å². The average molecular weight is 495 g/mol. The third kappa shape index (κ3) is 4.52. The highest BCUT2D eigenvalue weighted by atomic mass is 32.1. The molecule has 4 aromatic rings. The number of benzene rings is 2. The average Bonchev–Trinajstić information content (AvgIpc) is 3.37.